The van der Waals surface area contributed by atoms with E-state index < -0.39 is 0 Å². The van der Waals surface area contributed by atoms with Crippen molar-refractivity contribution in [1.82, 2.24) is 14.9 Å². The van der Waals surface area contributed by atoms with Gasteiger partial charge < -0.3 is 14.4 Å². The molecule has 0 aromatic carbocycles. The normalized spacial score (nSPS) is 25.6. The number of ether oxygens (including phenoxy) is 2. The summed E-state index contributed by atoms with van der Waals surface area (Å²) in [7, 11) is 0. The zero-order chi connectivity index (χ0) is 17.1. The Morgan fingerprint density at radius 3 is 3.00 bits per heavy atom. The average Bonchev–Trinajstić information content (AvgIpc) is 3.10. The molecule has 1 aliphatic carbocycles. The molecule has 2 aliphatic rings. The molecular formula is C19H21N3O3. The Morgan fingerprint density at radius 1 is 1.24 bits per heavy atom. The van der Waals surface area contributed by atoms with Gasteiger partial charge in [-0.25, -0.2) is 0 Å². The first-order valence-electron chi connectivity index (χ1n) is 8.67. The number of morpholine rings is 1. The molecule has 2 fully saturated rings. The molecule has 3 atom stereocenters. The maximum Gasteiger partial charge on any atom is 0.255 e. The number of amides is 1. The first-order chi connectivity index (χ1) is 12.3. The van der Waals surface area contributed by atoms with Crippen LogP contribution in [-0.4, -0.2) is 52.2 Å². The van der Waals surface area contributed by atoms with E-state index in [1.165, 1.54) is 0 Å². The highest BCUT2D eigenvalue weighted by Gasteiger charge is 2.45. The molecule has 1 saturated carbocycles. The average molecular weight is 339 g/mol. The molecule has 3 heterocycles. The van der Waals surface area contributed by atoms with Crippen molar-refractivity contribution in [1.29, 1.82) is 0 Å². The molecule has 6 heteroatoms. The van der Waals surface area contributed by atoms with Crippen molar-refractivity contribution < 1.29 is 14.3 Å². The fraction of sp³-hybridized carbons (Fsp3) is 0.421. The number of hydrogen-bond donors (Lipinski definition) is 0. The van der Waals surface area contributed by atoms with Gasteiger partial charge in [0.1, 0.15) is 6.10 Å². The predicted octanol–water partition coefficient (Wildman–Crippen LogP) is 2.07. The maximum atomic E-state index is 12.8. The summed E-state index contributed by atoms with van der Waals surface area (Å²) in [5.41, 5.74) is 1.53. The third-order valence-corrected chi connectivity index (χ3v) is 4.88. The Kier molecular flexibility index (Phi) is 4.72. The number of pyridine rings is 2. The van der Waals surface area contributed by atoms with E-state index in [4.69, 9.17) is 9.47 Å². The van der Waals surface area contributed by atoms with Gasteiger partial charge in [-0.3, -0.25) is 14.8 Å². The lowest BCUT2D eigenvalue weighted by molar-refractivity contribution is -0.109. The highest BCUT2D eigenvalue weighted by Crippen LogP contribution is 2.33. The number of hydrogen-bond acceptors (Lipinski definition) is 5. The maximum absolute atomic E-state index is 12.8. The van der Waals surface area contributed by atoms with E-state index in [0.29, 0.717) is 25.3 Å². The lowest BCUT2D eigenvalue weighted by atomic mass is 10.1. The number of carbonyl (C=O) groups excluding carboxylic acids is 1. The highest BCUT2D eigenvalue weighted by atomic mass is 16.5. The van der Waals surface area contributed by atoms with Gasteiger partial charge >= 0.3 is 0 Å². The Balaban J connectivity index is 1.42. The second kappa shape index (κ2) is 7.29. The number of aromatic nitrogens is 2. The standard InChI is InChI=1S/C19H21N3O3/c23-19(14-4-3-8-20-12-14)22-10-11-24-18-16(22)6-7-17(18)25-13-15-5-1-2-9-21-15/h1-5,8-9,12,16-18H,6-7,10-11,13H2/t16-,17+,18+/m0/s1. The zero-order valence-electron chi connectivity index (χ0n) is 14.0. The van der Waals surface area contributed by atoms with Crippen LogP contribution in [0.2, 0.25) is 0 Å². The summed E-state index contributed by atoms with van der Waals surface area (Å²) in [4.78, 5) is 23.1. The zero-order valence-corrected chi connectivity index (χ0v) is 14.0. The first kappa shape index (κ1) is 16.2. The topological polar surface area (TPSA) is 64.6 Å². The number of rotatable bonds is 4. The third kappa shape index (κ3) is 3.41. The molecular weight excluding hydrogens is 318 g/mol. The van der Waals surface area contributed by atoms with Gasteiger partial charge in [-0.2, -0.15) is 0 Å². The molecule has 0 unspecified atom stereocenters. The minimum atomic E-state index is -0.0712. The van der Waals surface area contributed by atoms with Crippen LogP contribution in [0.1, 0.15) is 28.9 Å². The Morgan fingerprint density at radius 2 is 2.20 bits per heavy atom. The van der Waals surface area contributed by atoms with Gasteiger partial charge in [-0.1, -0.05) is 6.07 Å². The van der Waals surface area contributed by atoms with E-state index in [1.807, 2.05) is 29.2 Å². The first-order valence-corrected chi connectivity index (χ1v) is 8.67. The van der Waals surface area contributed by atoms with Crippen LogP contribution in [0.25, 0.3) is 0 Å². The van der Waals surface area contributed by atoms with Gasteiger partial charge in [0.05, 0.1) is 36.6 Å². The van der Waals surface area contributed by atoms with Gasteiger partial charge in [0.25, 0.3) is 5.91 Å². The van der Waals surface area contributed by atoms with Gasteiger partial charge in [-0.05, 0) is 37.1 Å². The minimum absolute atomic E-state index is 0.00324. The van der Waals surface area contributed by atoms with E-state index in [-0.39, 0.29) is 24.2 Å². The molecule has 130 valence electrons. The molecule has 0 radical (unpaired) electrons. The second-order valence-electron chi connectivity index (χ2n) is 6.39. The fourth-order valence-electron chi connectivity index (χ4n) is 3.68. The molecule has 2 aromatic heterocycles. The van der Waals surface area contributed by atoms with Gasteiger partial charge in [0, 0.05) is 25.1 Å². The van der Waals surface area contributed by atoms with Crippen LogP contribution in [0.15, 0.2) is 48.9 Å². The van der Waals surface area contributed by atoms with Crippen LogP contribution in [0.3, 0.4) is 0 Å². The van der Waals surface area contributed by atoms with E-state index in [2.05, 4.69) is 9.97 Å². The SMILES string of the molecule is O=C(c1cccnc1)N1CCO[C@H]2[C@H](OCc3ccccn3)CC[C@@H]21. The predicted molar refractivity (Wildman–Crippen MR) is 90.8 cm³/mol. The summed E-state index contributed by atoms with van der Waals surface area (Å²) in [6.45, 7) is 1.62. The van der Waals surface area contributed by atoms with Crippen LogP contribution in [0.5, 0.6) is 0 Å². The molecule has 1 saturated heterocycles. The minimum Gasteiger partial charge on any atom is -0.372 e. The van der Waals surface area contributed by atoms with Crippen molar-refractivity contribution >= 4 is 5.91 Å². The number of carbonyl (C=O) groups is 1. The summed E-state index contributed by atoms with van der Waals surface area (Å²) in [5.74, 6) is 0.0248. The molecule has 6 nitrogen and oxygen atoms in total. The summed E-state index contributed by atoms with van der Waals surface area (Å²) < 4.78 is 12.0. The van der Waals surface area contributed by atoms with Crippen molar-refractivity contribution in [2.45, 2.75) is 37.7 Å². The largest absolute Gasteiger partial charge is 0.372 e. The van der Waals surface area contributed by atoms with Crippen molar-refractivity contribution in [3.63, 3.8) is 0 Å². The lowest BCUT2D eigenvalue weighted by Crippen LogP contribution is -2.53. The molecule has 0 N–H and O–H groups in total. The molecule has 4 rings (SSSR count). The highest BCUT2D eigenvalue weighted by molar-refractivity contribution is 5.94. The number of fused-ring (bicyclic) bond motifs is 1. The number of nitrogens with zero attached hydrogens (tertiary/aromatic N) is 3. The fourth-order valence-corrected chi connectivity index (χ4v) is 3.68. The van der Waals surface area contributed by atoms with E-state index in [0.717, 1.165) is 18.5 Å². The smallest absolute Gasteiger partial charge is 0.255 e. The summed E-state index contributed by atoms with van der Waals surface area (Å²) >= 11 is 0. The van der Waals surface area contributed by atoms with Crippen LogP contribution in [0, 0.1) is 0 Å². The Bertz CT molecular complexity index is 710. The quantitative estimate of drug-likeness (QED) is 0.853. The Labute approximate surface area is 146 Å². The van der Waals surface area contributed by atoms with Crippen molar-refractivity contribution in [2.75, 3.05) is 13.2 Å². The van der Waals surface area contributed by atoms with Crippen LogP contribution < -0.4 is 0 Å². The van der Waals surface area contributed by atoms with Crippen LogP contribution in [-0.2, 0) is 16.1 Å². The molecule has 0 spiro atoms. The Hall–Kier alpha value is -2.31. The molecule has 1 aliphatic heterocycles. The summed E-state index contributed by atoms with van der Waals surface area (Å²) in [5, 5.41) is 0. The molecule has 25 heavy (non-hydrogen) atoms. The van der Waals surface area contributed by atoms with E-state index >= 15 is 0 Å². The van der Waals surface area contributed by atoms with E-state index in [9.17, 15) is 4.79 Å². The summed E-state index contributed by atoms with van der Waals surface area (Å²) in [6, 6.07) is 9.46. The molecule has 1 amide bonds. The third-order valence-electron chi connectivity index (χ3n) is 4.88. The second-order valence-corrected chi connectivity index (χ2v) is 6.39. The van der Waals surface area contributed by atoms with Gasteiger partial charge in [0.2, 0.25) is 0 Å². The van der Waals surface area contributed by atoms with Gasteiger partial charge in [-0.15, -0.1) is 0 Å². The lowest BCUT2D eigenvalue weighted by Gasteiger charge is -2.39. The van der Waals surface area contributed by atoms with Crippen molar-refractivity contribution in [3.05, 3.63) is 60.2 Å². The molecule has 0 bridgehead atoms. The van der Waals surface area contributed by atoms with Gasteiger partial charge in [0.15, 0.2) is 0 Å². The monoisotopic (exact) mass is 339 g/mol. The molecule has 2 aromatic rings. The van der Waals surface area contributed by atoms with Crippen molar-refractivity contribution in [3.8, 4) is 0 Å². The van der Waals surface area contributed by atoms with Crippen molar-refractivity contribution in [2.24, 2.45) is 0 Å². The van der Waals surface area contributed by atoms with E-state index in [1.54, 1.807) is 24.7 Å². The van der Waals surface area contributed by atoms with Crippen LogP contribution in [0.4, 0.5) is 0 Å². The van der Waals surface area contributed by atoms with Crippen LogP contribution >= 0.6 is 0 Å². The summed E-state index contributed by atoms with van der Waals surface area (Å²) in [6.07, 6.45) is 6.77.